The highest BCUT2D eigenvalue weighted by atomic mass is 14.1. The summed E-state index contributed by atoms with van der Waals surface area (Å²) in [7, 11) is 0. The lowest BCUT2D eigenvalue weighted by atomic mass is 9.94. The van der Waals surface area contributed by atoms with E-state index in [0.717, 1.165) is 0 Å². The standard InChI is InChI=1S/C14H22/c1-4-8-12-10-7-11-13(9-5-2)14(12)6-3/h7,10-11H,4-6,8-9H2,1-3H3. The molecule has 0 saturated carbocycles. The third-order valence-corrected chi connectivity index (χ3v) is 2.76. The van der Waals surface area contributed by atoms with Gasteiger partial charge in [-0.1, -0.05) is 51.8 Å². The van der Waals surface area contributed by atoms with Crippen LogP contribution in [0.25, 0.3) is 0 Å². The first kappa shape index (κ1) is 11.3. The van der Waals surface area contributed by atoms with Crippen molar-refractivity contribution in [1.29, 1.82) is 0 Å². The Morgan fingerprint density at radius 3 is 1.71 bits per heavy atom. The number of rotatable bonds is 5. The summed E-state index contributed by atoms with van der Waals surface area (Å²) in [5, 5.41) is 0. The van der Waals surface area contributed by atoms with Crippen molar-refractivity contribution in [3.8, 4) is 0 Å². The van der Waals surface area contributed by atoms with Crippen molar-refractivity contribution in [1.82, 2.24) is 0 Å². The normalized spacial score (nSPS) is 10.5. The van der Waals surface area contributed by atoms with Crippen molar-refractivity contribution >= 4 is 0 Å². The van der Waals surface area contributed by atoms with Crippen LogP contribution < -0.4 is 0 Å². The predicted octanol–water partition coefficient (Wildman–Crippen LogP) is 4.15. The number of benzene rings is 1. The van der Waals surface area contributed by atoms with Gasteiger partial charge in [-0.3, -0.25) is 0 Å². The van der Waals surface area contributed by atoms with Gasteiger partial charge in [0.05, 0.1) is 0 Å². The topological polar surface area (TPSA) is 0 Å². The van der Waals surface area contributed by atoms with Gasteiger partial charge in [0.25, 0.3) is 0 Å². The van der Waals surface area contributed by atoms with Crippen LogP contribution in [0.5, 0.6) is 0 Å². The molecule has 0 fully saturated rings. The van der Waals surface area contributed by atoms with Gasteiger partial charge in [0.1, 0.15) is 0 Å². The molecule has 0 amide bonds. The zero-order chi connectivity index (χ0) is 10.4. The van der Waals surface area contributed by atoms with Crippen LogP contribution >= 0.6 is 0 Å². The van der Waals surface area contributed by atoms with E-state index in [1.165, 1.54) is 32.1 Å². The molecule has 1 aromatic rings. The molecule has 0 unspecified atom stereocenters. The lowest BCUT2D eigenvalue weighted by Crippen LogP contribution is -1.98. The van der Waals surface area contributed by atoms with E-state index in [-0.39, 0.29) is 0 Å². The smallest absolute Gasteiger partial charge is 0.0279 e. The second kappa shape index (κ2) is 5.85. The second-order valence-corrected chi connectivity index (χ2v) is 3.91. The van der Waals surface area contributed by atoms with E-state index in [2.05, 4.69) is 39.0 Å². The molecule has 0 aromatic heterocycles. The zero-order valence-electron chi connectivity index (χ0n) is 9.77. The molecule has 1 aromatic carbocycles. The monoisotopic (exact) mass is 190 g/mol. The van der Waals surface area contributed by atoms with E-state index in [1.54, 1.807) is 16.7 Å². The quantitative estimate of drug-likeness (QED) is 0.654. The lowest BCUT2D eigenvalue weighted by molar-refractivity contribution is 0.860. The molecule has 1 rings (SSSR count). The molecule has 0 aliphatic carbocycles. The largest absolute Gasteiger partial charge is 0.0651 e. The Labute approximate surface area is 88.4 Å². The Bertz CT molecular complexity index is 249. The lowest BCUT2D eigenvalue weighted by Gasteiger charge is -2.12. The maximum atomic E-state index is 2.29. The molecule has 0 spiro atoms. The molecule has 0 N–H and O–H groups in total. The molecule has 0 atom stereocenters. The molecule has 0 heteroatoms. The SMILES string of the molecule is CCCc1cccc(CCC)c1CC. The summed E-state index contributed by atoms with van der Waals surface area (Å²) in [5.41, 5.74) is 4.75. The first-order valence-electron chi connectivity index (χ1n) is 5.93. The third-order valence-electron chi connectivity index (χ3n) is 2.76. The maximum Gasteiger partial charge on any atom is -0.0279 e. The van der Waals surface area contributed by atoms with Gasteiger partial charge in [0, 0.05) is 0 Å². The van der Waals surface area contributed by atoms with Crippen molar-refractivity contribution in [2.75, 3.05) is 0 Å². The molecule has 0 saturated heterocycles. The van der Waals surface area contributed by atoms with Crippen LogP contribution in [0, 0.1) is 0 Å². The van der Waals surface area contributed by atoms with Gasteiger partial charge in [-0.25, -0.2) is 0 Å². The maximum absolute atomic E-state index is 2.29. The van der Waals surface area contributed by atoms with Gasteiger partial charge in [0.15, 0.2) is 0 Å². The highest BCUT2D eigenvalue weighted by Gasteiger charge is 2.04. The summed E-state index contributed by atoms with van der Waals surface area (Å²) in [6.45, 7) is 6.78. The summed E-state index contributed by atoms with van der Waals surface area (Å²) < 4.78 is 0. The van der Waals surface area contributed by atoms with Crippen molar-refractivity contribution in [3.63, 3.8) is 0 Å². The summed E-state index contributed by atoms with van der Waals surface area (Å²) in [6.07, 6.45) is 6.16. The fourth-order valence-corrected chi connectivity index (χ4v) is 2.15. The van der Waals surface area contributed by atoms with Crippen molar-refractivity contribution in [2.24, 2.45) is 0 Å². The average Bonchev–Trinajstić information content (AvgIpc) is 2.19. The van der Waals surface area contributed by atoms with E-state index in [9.17, 15) is 0 Å². The van der Waals surface area contributed by atoms with Crippen LogP contribution in [-0.2, 0) is 19.3 Å². The minimum atomic E-state index is 1.19. The molecular weight excluding hydrogens is 168 g/mol. The van der Waals surface area contributed by atoms with Crippen LogP contribution in [0.2, 0.25) is 0 Å². The van der Waals surface area contributed by atoms with E-state index in [0.29, 0.717) is 0 Å². The Hall–Kier alpha value is -0.780. The minimum absolute atomic E-state index is 1.19. The highest BCUT2D eigenvalue weighted by Crippen LogP contribution is 2.18. The van der Waals surface area contributed by atoms with E-state index in [4.69, 9.17) is 0 Å². The zero-order valence-corrected chi connectivity index (χ0v) is 9.77. The van der Waals surface area contributed by atoms with Crippen LogP contribution in [0.4, 0.5) is 0 Å². The molecule has 0 aliphatic heterocycles. The number of hydrogen-bond donors (Lipinski definition) is 0. The first-order chi connectivity index (χ1) is 6.83. The van der Waals surface area contributed by atoms with Crippen LogP contribution in [0.3, 0.4) is 0 Å². The fourth-order valence-electron chi connectivity index (χ4n) is 2.15. The van der Waals surface area contributed by atoms with E-state index >= 15 is 0 Å². The molecule has 0 radical (unpaired) electrons. The number of aryl methyl sites for hydroxylation is 2. The predicted molar refractivity (Wildman–Crippen MR) is 63.8 cm³/mol. The van der Waals surface area contributed by atoms with Gasteiger partial charge in [-0.15, -0.1) is 0 Å². The Kier molecular flexibility index (Phi) is 4.72. The van der Waals surface area contributed by atoms with Crippen molar-refractivity contribution in [2.45, 2.75) is 52.9 Å². The van der Waals surface area contributed by atoms with Gasteiger partial charge in [-0.2, -0.15) is 0 Å². The van der Waals surface area contributed by atoms with Crippen LogP contribution in [0.1, 0.15) is 50.3 Å². The molecular formula is C14H22. The summed E-state index contributed by atoms with van der Waals surface area (Å²) in [4.78, 5) is 0. The molecule has 14 heavy (non-hydrogen) atoms. The Morgan fingerprint density at radius 1 is 0.857 bits per heavy atom. The first-order valence-corrected chi connectivity index (χ1v) is 5.93. The summed E-state index contributed by atoms with van der Waals surface area (Å²) in [6, 6.07) is 6.80. The van der Waals surface area contributed by atoms with Gasteiger partial charge in [-0.05, 0) is 36.0 Å². The molecule has 0 aliphatic rings. The summed E-state index contributed by atoms with van der Waals surface area (Å²) >= 11 is 0. The Morgan fingerprint density at radius 2 is 1.36 bits per heavy atom. The Balaban J connectivity index is 2.98. The highest BCUT2D eigenvalue weighted by molar-refractivity contribution is 5.35. The average molecular weight is 190 g/mol. The van der Waals surface area contributed by atoms with E-state index < -0.39 is 0 Å². The third kappa shape index (κ3) is 2.60. The minimum Gasteiger partial charge on any atom is -0.0651 e. The van der Waals surface area contributed by atoms with Gasteiger partial charge in [0.2, 0.25) is 0 Å². The van der Waals surface area contributed by atoms with Crippen LogP contribution in [-0.4, -0.2) is 0 Å². The number of hydrogen-bond acceptors (Lipinski definition) is 0. The van der Waals surface area contributed by atoms with Gasteiger partial charge < -0.3 is 0 Å². The van der Waals surface area contributed by atoms with Gasteiger partial charge >= 0.3 is 0 Å². The molecule has 0 bridgehead atoms. The summed E-state index contributed by atoms with van der Waals surface area (Å²) in [5.74, 6) is 0. The van der Waals surface area contributed by atoms with Crippen LogP contribution in [0.15, 0.2) is 18.2 Å². The van der Waals surface area contributed by atoms with E-state index in [1.807, 2.05) is 0 Å². The molecule has 0 heterocycles. The van der Waals surface area contributed by atoms with Crippen molar-refractivity contribution < 1.29 is 0 Å². The molecule has 0 nitrogen and oxygen atoms in total. The second-order valence-electron chi connectivity index (χ2n) is 3.91. The fraction of sp³-hybridized carbons (Fsp3) is 0.571. The molecule has 78 valence electrons. The van der Waals surface area contributed by atoms with Crippen molar-refractivity contribution in [3.05, 3.63) is 34.9 Å².